The zero-order valence-electron chi connectivity index (χ0n) is 24.1. The van der Waals surface area contributed by atoms with E-state index in [1.54, 1.807) is 28.1 Å². The topological polar surface area (TPSA) is 143 Å². The van der Waals surface area contributed by atoms with Crippen LogP contribution in [-0.4, -0.2) is 111 Å². The SMILES string of the molecule is C=C(C)C(=O)Nc1c(I)c(C(=O)NCCOCCOCCOC)c(C)c(C(=O)NCCOCCOCCOC)c1I. The summed E-state index contributed by atoms with van der Waals surface area (Å²) >= 11 is 4.02. The fraction of sp³-hybridized carbons (Fsp3) is 0.593. The van der Waals surface area contributed by atoms with Gasteiger partial charge >= 0.3 is 0 Å². The number of hydrogen-bond donors (Lipinski definition) is 3. The predicted octanol–water partition coefficient (Wildman–Crippen LogP) is 2.54. The van der Waals surface area contributed by atoms with Crippen molar-refractivity contribution in [1.82, 2.24) is 10.6 Å². The van der Waals surface area contributed by atoms with Gasteiger partial charge in [-0.15, -0.1) is 0 Å². The van der Waals surface area contributed by atoms with Crippen molar-refractivity contribution in [2.45, 2.75) is 13.8 Å². The number of halogens is 2. The molecule has 1 aromatic carbocycles. The predicted molar refractivity (Wildman–Crippen MR) is 172 cm³/mol. The van der Waals surface area contributed by atoms with Crippen molar-refractivity contribution in [2.24, 2.45) is 0 Å². The molecule has 0 spiro atoms. The van der Waals surface area contributed by atoms with Gasteiger partial charge in [0, 0.05) is 32.9 Å². The van der Waals surface area contributed by atoms with Gasteiger partial charge in [0.1, 0.15) is 0 Å². The van der Waals surface area contributed by atoms with Crippen molar-refractivity contribution in [3.05, 3.63) is 36.0 Å². The van der Waals surface area contributed by atoms with Crippen LogP contribution < -0.4 is 16.0 Å². The minimum absolute atomic E-state index is 0.250. The van der Waals surface area contributed by atoms with Crippen LogP contribution in [0.15, 0.2) is 12.2 Å². The Labute approximate surface area is 269 Å². The molecule has 0 radical (unpaired) electrons. The molecule has 232 valence electrons. The molecule has 0 fully saturated rings. The summed E-state index contributed by atoms with van der Waals surface area (Å²) in [7, 11) is 3.21. The molecule has 0 atom stereocenters. The fourth-order valence-electron chi connectivity index (χ4n) is 3.25. The van der Waals surface area contributed by atoms with Crippen LogP contribution >= 0.6 is 45.2 Å². The summed E-state index contributed by atoms with van der Waals surface area (Å²) in [6.07, 6.45) is 0. The van der Waals surface area contributed by atoms with Crippen LogP contribution in [0.2, 0.25) is 0 Å². The van der Waals surface area contributed by atoms with Gasteiger partial charge in [-0.1, -0.05) is 6.58 Å². The Morgan fingerprint density at radius 1 is 0.683 bits per heavy atom. The number of carbonyl (C=O) groups is 3. The molecule has 0 saturated carbocycles. The minimum atomic E-state index is -0.412. The van der Waals surface area contributed by atoms with Crippen LogP contribution in [0.3, 0.4) is 0 Å². The monoisotopic (exact) mass is 805 g/mol. The number of hydrogen-bond acceptors (Lipinski definition) is 9. The van der Waals surface area contributed by atoms with Crippen LogP contribution in [-0.2, 0) is 33.2 Å². The molecule has 14 heteroatoms. The lowest BCUT2D eigenvalue weighted by Gasteiger charge is -2.20. The molecule has 0 saturated heterocycles. The third-order valence-corrected chi connectivity index (χ3v) is 7.54. The first-order valence-electron chi connectivity index (χ1n) is 13.0. The second-order valence-corrected chi connectivity index (χ2v) is 10.7. The quantitative estimate of drug-likeness (QED) is 0.0917. The van der Waals surface area contributed by atoms with Crippen LogP contribution in [0.5, 0.6) is 0 Å². The Balaban J connectivity index is 2.91. The lowest BCUT2D eigenvalue weighted by molar-refractivity contribution is -0.112. The molecule has 0 bridgehead atoms. The molecule has 0 unspecified atom stereocenters. The average Bonchev–Trinajstić information content (AvgIpc) is 2.93. The van der Waals surface area contributed by atoms with E-state index in [1.165, 1.54) is 0 Å². The Morgan fingerprint density at radius 2 is 1.05 bits per heavy atom. The van der Waals surface area contributed by atoms with E-state index in [2.05, 4.69) is 22.5 Å². The first kappa shape index (κ1) is 37.6. The molecular weight excluding hydrogens is 764 g/mol. The van der Waals surface area contributed by atoms with Crippen molar-refractivity contribution in [2.75, 3.05) is 98.7 Å². The van der Waals surface area contributed by atoms with Gasteiger partial charge in [0.15, 0.2) is 0 Å². The highest BCUT2D eigenvalue weighted by atomic mass is 127. The van der Waals surface area contributed by atoms with E-state index in [9.17, 15) is 14.4 Å². The maximum atomic E-state index is 13.3. The molecule has 0 heterocycles. The highest BCUT2D eigenvalue weighted by Gasteiger charge is 2.27. The number of nitrogens with one attached hydrogen (secondary N) is 3. The summed E-state index contributed by atoms with van der Waals surface area (Å²) in [6.45, 7) is 11.6. The van der Waals surface area contributed by atoms with Gasteiger partial charge in [0.2, 0.25) is 0 Å². The van der Waals surface area contributed by atoms with Crippen LogP contribution in [0.4, 0.5) is 5.69 Å². The molecule has 3 amide bonds. The standard InChI is InChI=1S/C27H41I2N3O9/c1-18(2)25(33)32-24-22(28)20(26(34)30-6-8-38-14-16-40-12-10-36-4)19(3)21(23(24)29)27(35)31-7-9-39-15-17-41-13-11-37-5/h1,6-17H2,2-5H3,(H,30,34)(H,31,35)(H,32,33). The lowest BCUT2D eigenvalue weighted by atomic mass is 9.99. The molecule has 1 aromatic rings. The summed E-state index contributed by atoms with van der Waals surface area (Å²) in [6, 6.07) is 0. The van der Waals surface area contributed by atoms with E-state index in [1.807, 2.05) is 45.2 Å². The van der Waals surface area contributed by atoms with Crippen molar-refractivity contribution in [3.8, 4) is 0 Å². The van der Waals surface area contributed by atoms with E-state index in [0.717, 1.165) is 0 Å². The van der Waals surface area contributed by atoms with Crippen molar-refractivity contribution in [1.29, 1.82) is 0 Å². The van der Waals surface area contributed by atoms with Crippen LogP contribution in [0.1, 0.15) is 33.2 Å². The fourth-order valence-corrected chi connectivity index (χ4v) is 5.87. The van der Waals surface area contributed by atoms with Gasteiger partial charge in [-0.05, 0) is 64.6 Å². The summed E-state index contributed by atoms with van der Waals surface area (Å²) in [5, 5.41) is 8.46. The maximum absolute atomic E-state index is 13.3. The van der Waals surface area contributed by atoms with E-state index in [4.69, 9.17) is 28.4 Å². The number of amides is 3. The summed E-state index contributed by atoms with van der Waals surface area (Å²) in [5.41, 5.74) is 1.73. The Kier molecular flexibility index (Phi) is 20.3. The lowest BCUT2D eigenvalue weighted by Crippen LogP contribution is -2.33. The number of ether oxygens (including phenoxy) is 6. The van der Waals surface area contributed by atoms with Crippen LogP contribution in [0.25, 0.3) is 0 Å². The van der Waals surface area contributed by atoms with E-state index < -0.39 is 5.91 Å². The van der Waals surface area contributed by atoms with Gasteiger partial charge in [0.05, 0.1) is 90.0 Å². The first-order chi connectivity index (χ1) is 19.7. The van der Waals surface area contributed by atoms with Crippen molar-refractivity contribution >= 4 is 68.6 Å². The van der Waals surface area contributed by atoms with E-state index in [0.29, 0.717) is 87.9 Å². The third kappa shape index (κ3) is 14.1. The second kappa shape index (κ2) is 22.2. The molecule has 0 aliphatic rings. The van der Waals surface area contributed by atoms with Crippen molar-refractivity contribution < 1.29 is 42.8 Å². The number of anilines is 1. The van der Waals surface area contributed by atoms with Gasteiger partial charge in [-0.2, -0.15) is 0 Å². The molecule has 0 aliphatic heterocycles. The highest BCUT2D eigenvalue weighted by Crippen LogP contribution is 2.35. The zero-order valence-corrected chi connectivity index (χ0v) is 28.4. The number of rotatable bonds is 22. The molecule has 41 heavy (non-hydrogen) atoms. The smallest absolute Gasteiger partial charge is 0.252 e. The van der Waals surface area contributed by atoms with Gasteiger partial charge in [-0.25, -0.2) is 0 Å². The molecule has 12 nitrogen and oxygen atoms in total. The first-order valence-corrected chi connectivity index (χ1v) is 15.2. The number of methoxy groups -OCH3 is 2. The third-order valence-electron chi connectivity index (χ3n) is 5.38. The summed E-state index contributed by atoms with van der Waals surface area (Å²) < 4.78 is 32.5. The highest BCUT2D eigenvalue weighted by molar-refractivity contribution is 14.1. The second-order valence-electron chi connectivity index (χ2n) is 8.56. The molecule has 0 aliphatic carbocycles. The molecule has 3 N–H and O–H groups in total. The molecule has 0 aromatic heterocycles. The van der Waals surface area contributed by atoms with Crippen LogP contribution in [0, 0.1) is 14.1 Å². The van der Waals surface area contributed by atoms with Gasteiger partial charge in [-0.3, -0.25) is 14.4 Å². The van der Waals surface area contributed by atoms with Gasteiger partial charge < -0.3 is 44.4 Å². The number of benzene rings is 1. The number of carbonyl (C=O) groups excluding carboxylic acids is 3. The minimum Gasteiger partial charge on any atom is -0.382 e. The average molecular weight is 805 g/mol. The Bertz CT molecular complexity index is 948. The summed E-state index contributed by atoms with van der Waals surface area (Å²) in [4.78, 5) is 39.0. The zero-order chi connectivity index (χ0) is 30.6. The van der Waals surface area contributed by atoms with E-state index >= 15 is 0 Å². The van der Waals surface area contributed by atoms with E-state index in [-0.39, 0.29) is 38.1 Å². The Hall–Kier alpha value is -1.41. The van der Waals surface area contributed by atoms with Crippen molar-refractivity contribution in [3.63, 3.8) is 0 Å². The molecule has 1 rings (SSSR count). The maximum Gasteiger partial charge on any atom is 0.252 e. The Morgan fingerprint density at radius 3 is 1.41 bits per heavy atom. The largest absolute Gasteiger partial charge is 0.382 e. The van der Waals surface area contributed by atoms with Gasteiger partial charge in [0.25, 0.3) is 17.7 Å². The normalized spacial score (nSPS) is 10.9. The summed E-state index contributed by atoms with van der Waals surface area (Å²) in [5.74, 6) is -1.19. The molecular formula is C27H41I2N3O9.